The molecule has 2 aromatic heterocycles. The molecule has 0 saturated carbocycles. The van der Waals surface area contributed by atoms with Gasteiger partial charge in [-0.3, -0.25) is 5.10 Å². The Kier molecular flexibility index (Phi) is 4.83. The molecule has 146 valence electrons. The summed E-state index contributed by atoms with van der Waals surface area (Å²) in [6.45, 7) is 1.05. The van der Waals surface area contributed by atoms with E-state index >= 15 is 0 Å². The van der Waals surface area contributed by atoms with Crippen molar-refractivity contribution in [1.29, 1.82) is 0 Å². The lowest BCUT2D eigenvalue weighted by Crippen LogP contribution is -2.49. The van der Waals surface area contributed by atoms with Crippen LogP contribution in [0.1, 0.15) is 47.1 Å². The first-order chi connectivity index (χ1) is 12.9. The number of amides is 2. The number of hydrogen-bond donors (Lipinski definition) is 2. The van der Waals surface area contributed by atoms with Crippen molar-refractivity contribution in [3.63, 3.8) is 0 Å². The van der Waals surface area contributed by atoms with Crippen molar-refractivity contribution in [2.24, 2.45) is 0 Å². The monoisotopic (exact) mass is 399 g/mol. The van der Waals surface area contributed by atoms with Crippen molar-refractivity contribution < 1.29 is 18.0 Å². The van der Waals surface area contributed by atoms with Gasteiger partial charge in [0.1, 0.15) is 0 Å². The Bertz CT molecular complexity index is 810. The van der Waals surface area contributed by atoms with Crippen LogP contribution in [0.2, 0.25) is 0 Å². The number of nitrogens with one attached hydrogen (secondary N) is 2. The van der Waals surface area contributed by atoms with Crippen LogP contribution in [0, 0.1) is 0 Å². The first kappa shape index (κ1) is 18.3. The van der Waals surface area contributed by atoms with Crippen molar-refractivity contribution in [2.75, 3.05) is 13.1 Å². The summed E-state index contributed by atoms with van der Waals surface area (Å²) in [6.07, 6.45) is 1.22. The number of likely N-dealkylation sites (tertiary alicyclic amines) is 1. The van der Waals surface area contributed by atoms with Gasteiger partial charge in [-0.1, -0.05) is 0 Å². The van der Waals surface area contributed by atoms with Gasteiger partial charge < -0.3 is 10.2 Å². The number of halogens is 3. The van der Waals surface area contributed by atoms with Gasteiger partial charge in [0.05, 0.1) is 11.2 Å². The van der Waals surface area contributed by atoms with Crippen LogP contribution >= 0.6 is 11.3 Å². The van der Waals surface area contributed by atoms with Gasteiger partial charge in [0.25, 0.3) is 0 Å². The number of aryl methyl sites for hydroxylation is 1. The van der Waals surface area contributed by atoms with Crippen molar-refractivity contribution in [3.05, 3.63) is 33.5 Å². The van der Waals surface area contributed by atoms with E-state index in [2.05, 4.69) is 20.5 Å². The highest BCUT2D eigenvalue weighted by atomic mass is 32.1. The molecule has 0 unspecified atom stereocenters. The fourth-order valence-corrected chi connectivity index (χ4v) is 4.73. The predicted molar refractivity (Wildman–Crippen MR) is 93.6 cm³/mol. The predicted octanol–water partition coefficient (Wildman–Crippen LogP) is 3.33. The highest BCUT2D eigenvalue weighted by molar-refractivity contribution is 7.09. The molecular formula is C17H20F3N5OS. The number of thiazole rings is 1. The Balaban J connectivity index is 1.29. The molecule has 6 nitrogen and oxygen atoms in total. The van der Waals surface area contributed by atoms with E-state index < -0.39 is 11.9 Å². The van der Waals surface area contributed by atoms with Gasteiger partial charge in [0.2, 0.25) is 0 Å². The van der Waals surface area contributed by atoms with E-state index in [1.54, 1.807) is 4.90 Å². The fourth-order valence-electron chi connectivity index (χ4n) is 3.73. The van der Waals surface area contributed by atoms with Gasteiger partial charge in [0, 0.05) is 42.5 Å². The van der Waals surface area contributed by atoms with Crippen LogP contribution in [0.25, 0.3) is 0 Å². The summed E-state index contributed by atoms with van der Waals surface area (Å²) in [4.78, 5) is 18.0. The maximum atomic E-state index is 12.7. The summed E-state index contributed by atoms with van der Waals surface area (Å²) in [5.74, 6) is -0.0163. The third-order valence-electron chi connectivity index (χ3n) is 5.29. The van der Waals surface area contributed by atoms with Gasteiger partial charge in [-0.05, 0) is 31.2 Å². The minimum atomic E-state index is -4.40. The summed E-state index contributed by atoms with van der Waals surface area (Å²) in [6, 6.07) is -0.0204. The highest BCUT2D eigenvalue weighted by Gasteiger charge is 2.35. The molecule has 2 aliphatic rings. The quantitative estimate of drug-likeness (QED) is 0.814. The standard InChI is InChI=1S/C17H20F3N5OS/c18-17(19,20)14-9-27-15(23-14)10-3-5-25(6-4-10)16(26)22-12-2-1-11-8-21-24-13(11)7-12/h8-10,12H,1-7H2,(H,21,24)(H,22,26)/t12-/m1/s1. The molecule has 2 N–H and O–H groups in total. The first-order valence-corrected chi connectivity index (χ1v) is 9.87. The van der Waals surface area contributed by atoms with Gasteiger partial charge in [-0.25, -0.2) is 9.78 Å². The Hall–Kier alpha value is -2.10. The van der Waals surface area contributed by atoms with E-state index in [9.17, 15) is 18.0 Å². The van der Waals surface area contributed by atoms with Crippen LogP contribution in [0.15, 0.2) is 11.6 Å². The Morgan fingerprint density at radius 2 is 2.07 bits per heavy atom. The maximum Gasteiger partial charge on any atom is 0.434 e. The minimum Gasteiger partial charge on any atom is -0.335 e. The van der Waals surface area contributed by atoms with E-state index in [1.807, 2.05) is 6.20 Å². The van der Waals surface area contributed by atoms with Crippen molar-refractivity contribution >= 4 is 17.4 Å². The second-order valence-electron chi connectivity index (χ2n) is 7.09. The van der Waals surface area contributed by atoms with Crippen LogP contribution in [0.3, 0.4) is 0 Å². The summed E-state index contributed by atoms with van der Waals surface area (Å²) >= 11 is 1.06. The molecule has 0 aromatic carbocycles. The number of alkyl halides is 3. The number of carbonyl (C=O) groups excluding carboxylic acids is 1. The number of hydrogen-bond acceptors (Lipinski definition) is 4. The zero-order valence-corrected chi connectivity index (χ0v) is 15.4. The lowest BCUT2D eigenvalue weighted by Gasteiger charge is -2.33. The number of nitrogens with zero attached hydrogens (tertiary/aromatic N) is 3. The molecule has 1 aliphatic carbocycles. The topological polar surface area (TPSA) is 73.9 Å². The van der Waals surface area contributed by atoms with E-state index in [-0.39, 0.29) is 18.0 Å². The number of carbonyl (C=O) groups is 1. The summed E-state index contributed by atoms with van der Waals surface area (Å²) in [7, 11) is 0. The maximum absolute atomic E-state index is 12.7. The zero-order valence-electron chi connectivity index (χ0n) is 14.6. The molecule has 1 aliphatic heterocycles. The summed E-state index contributed by atoms with van der Waals surface area (Å²) < 4.78 is 38.1. The van der Waals surface area contributed by atoms with Gasteiger partial charge in [-0.2, -0.15) is 18.3 Å². The van der Waals surface area contributed by atoms with E-state index in [0.29, 0.717) is 30.9 Å². The molecule has 27 heavy (non-hydrogen) atoms. The van der Waals surface area contributed by atoms with Crippen molar-refractivity contribution in [3.8, 4) is 0 Å². The summed E-state index contributed by atoms with van der Waals surface area (Å²) in [5, 5.41) is 11.7. The van der Waals surface area contributed by atoms with Crippen molar-refractivity contribution in [1.82, 2.24) is 25.4 Å². The number of piperidine rings is 1. The van der Waals surface area contributed by atoms with Gasteiger partial charge in [0.15, 0.2) is 5.69 Å². The number of fused-ring (bicyclic) bond motifs is 1. The lowest BCUT2D eigenvalue weighted by molar-refractivity contribution is -0.140. The van der Waals surface area contributed by atoms with Crippen LogP contribution in [-0.4, -0.2) is 45.2 Å². The van der Waals surface area contributed by atoms with Crippen LogP contribution in [0.4, 0.5) is 18.0 Å². The van der Waals surface area contributed by atoms with Crippen molar-refractivity contribution in [2.45, 2.75) is 50.2 Å². The van der Waals surface area contributed by atoms with E-state index in [1.165, 1.54) is 5.56 Å². The van der Waals surface area contributed by atoms with Crippen LogP contribution < -0.4 is 5.32 Å². The lowest BCUT2D eigenvalue weighted by atomic mass is 9.94. The molecule has 1 saturated heterocycles. The van der Waals surface area contributed by atoms with Crippen LogP contribution in [0.5, 0.6) is 0 Å². The second kappa shape index (κ2) is 7.14. The Labute approximate surface area is 158 Å². The molecule has 1 atom stereocenters. The average Bonchev–Trinajstić information content (AvgIpc) is 3.30. The third kappa shape index (κ3) is 3.95. The smallest absolute Gasteiger partial charge is 0.335 e. The third-order valence-corrected chi connectivity index (χ3v) is 6.30. The molecule has 0 spiro atoms. The molecule has 0 bridgehead atoms. The van der Waals surface area contributed by atoms with Gasteiger partial charge in [-0.15, -0.1) is 11.3 Å². The molecule has 0 radical (unpaired) electrons. The fraction of sp³-hybridized carbons (Fsp3) is 0.588. The average molecular weight is 399 g/mol. The number of urea groups is 1. The molecular weight excluding hydrogens is 379 g/mol. The first-order valence-electron chi connectivity index (χ1n) is 8.99. The Morgan fingerprint density at radius 3 is 2.78 bits per heavy atom. The molecule has 10 heteroatoms. The largest absolute Gasteiger partial charge is 0.434 e. The molecule has 4 rings (SSSR count). The highest BCUT2D eigenvalue weighted by Crippen LogP contribution is 2.35. The van der Waals surface area contributed by atoms with Crippen LogP contribution in [-0.2, 0) is 19.0 Å². The Morgan fingerprint density at radius 1 is 1.30 bits per heavy atom. The number of aromatic amines is 1. The molecule has 3 heterocycles. The minimum absolute atomic E-state index is 0.0163. The molecule has 2 amide bonds. The molecule has 2 aromatic rings. The van der Waals surface area contributed by atoms with E-state index in [4.69, 9.17) is 0 Å². The number of H-pyrrole nitrogens is 1. The zero-order chi connectivity index (χ0) is 19.0. The number of rotatable bonds is 2. The van der Waals surface area contributed by atoms with E-state index in [0.717, 1.165) is 41.7 Å². The number of aromatic nitrogens is 3. The summed E-state index contributed by atoms with van der Waals surface area (Å²) in [5.41, 5.74) is 1.47. The normalized spacial score (nSPS) is 21.1. The second-order valence-corrected chi connectivity index (χ2v) is 7.98. The SMILES string of the molecule is O=C(N[C@@H]1CCc2cn[nH]c2C1)N1CCC(c2nc(C(F)(F)F)cs2)CC1. The molecule has 1 fully saturated rings. The van der Waals surface area contributed by atoms with Gasteiger partial charge >= 0.3 is 12.2 Å².